The lowest BCUT2D eigenvalue weighted by molar-refractivity contribution is 0.0970. The van der Waals surface area contributed by atoms with Gasteiger partial charge in [0, 0.05) is 26.7 Å². The molecular weight excluding hydrogens is 338 g/mol. The first-order chi connectivity index (χ1) is 9.51. The van der Waals surface area contributed by atoms with Gasteiger partial charge in [0.05, 0.1) is 6.54 Å². The molecule has 0 atom stereocenters. The van der Waals surface area contributed by atoms with Crippen LogP contribution in [0.25, 0.3) is 0 Å². The zero-order chi connectivity index (χ0) is 14.7. The molecule has 0 spiro atoms. The van der Waals surface area contributed by atoms with Crippen molar-refractivity contribution in [2.24, 2.45) is 0 Å². The molecule has 0 radical (unpaired) electrons. The average Bonchev–Trinajstić information content (AvgIpc) is 2.44. The summed E-state index contributed by atoms with van der Waals surface area (Å²) in [5.41, 5.74) is 1.10. The lowest BCUT2D eigenvalue weighted by Gasteiger charge is -2.07. The molecule has 3 nitrogen and oxygen atoms in total. The summed E-state index contributed by atoms with van der Waals surface area (Å²) >= 11 is 4.97. The molecule has 1 aromatic carbocycles. The summed E-state index contributed by atoms with van der Waals surface area (Å²) in [6.45, 7) is 1.79. The molecule has 20 heavy (non-hydrogen) atoms. The number of nitrogens with zero attached hydrogens (tertiary/aromatic N) is 1. The van der Waals surface area contributed by atoms with E-state index in [2.05, 4.69) is 15.9 Å². The van der Waals surface area contributed by atoms with Gasteiger partial charge in [0.15, 0.2) is 5.78 Å². The summed E-state index contributed by atoms with van der Waals surface area (Å²) in [5, 5.41) is 0. The van der Waals surface area contributed by atoms with Gasteiger partial charge in [0.1, 0.15) is 0 Å². The van der Waals surface area contributed by atoms with Gasteiger partial charge in [0.25, 0.3) is 5.56 Å². The highest BCUT2D eigenvalue weighted by Crippen LogP contribution is 2.15. The molecule has 0 unspecified atom stereocenters. The van der Waals surface area contributed by atoms with Crippen LogP contribution >= 0.6 is 27.7 Å². The first kappa shape index (κ1) is 15.1. The van der Waals surface area contributed by atoms with Gasteiger partial charge in [-0.15, -0.1) is 11.8 Å². The Kier molecular flexibility index (Phi) is 4.83. The number of Topliss-reactive ketones (excluding diaryl/α,β-unsaturated/α-hetero) is 1. The summed E-state index contributed by atoms with van der Waals surface area (Å²) in [6.07, 6.45) is 3.63. The minimum atomic E-state index is -0.137. The SMILES string of the molecule is CSc1ccc(C(=O)Cn2cc(Br)cc(C)c2=O)cc1. The Morgan fingerprint density at radius 2 is 1.95 bits per heavy atom. The van der Waals surface area contributed by atoms with Crippen molar-refractivity contribution in [3.8, 4) is 0 Å². The molecule has 0 saturated heterocycles. The van der Waals surface area contributed by atoms with Crippen LogP contribution in [-0.4, -0.2) is 16.6 Å². The maximum atomic E-state index is 12.2. The minimum absolute atomic E-state index is 0.0533. The Hall–Kier alpha value is -1.33. The number of aryl methyl sites for hydroxylation is 1. The molecule has 2 aromatic rings. The van der Waals surface area contributed by atoms with E-state index in [4.69, 9.17) is 0 Å². The lowest BCUT2D eigenvalue weighted by atomic mass is 10.1. The van der Waals surface area contributed by atoms with Gasteiger partial charge in [0.2, 0.25) is 0 Å². The molecule has 104 valence electrons. The summed E-state index contributed by atoms with van der Waals surface area (Å²) < 4.78 is 2.23. The van der Waals surface area contributed by atoms with Gasteiger partial charge < -0.3 is 4.57 Å². The van der Waals surface area contributed by atoms with E-state index >= 15 is 0 Å². The van der Waals surface area contributed by atoms with Crippen LogP contribution in [0.3, 0.4) is 0 Å². The highest BCUT2D eigenvalue weighted by atomic mass is 79.9. The van der Waals surface area contributed by atoms with Crippen LogP contribution in [-0.2, 0) is 6.54 Å². The Labute approximate surface area is 130 Å². The van der Waals surface area contributed by atoms with Crippen molar-refractivity contribution >= 4 is 33.5 Å². The third kappa shape index (κ3) is 3.41. The fourth-order valence-electron chi connectivity index (χ4n) is 1.88. The van der Waals surface area contributed by atoms with E-state index in [-0.39, 0.29) is 17.9 Å². The quantitative estimate of drug-likeness (QED) is 0.624. The van der Waals surface area contributed by atoms with Gasteiger partial charge in [-0.2, -0.15) is 0 Å². The number of hydrogen-bond donors (Lipinski definition) is 0. The zero-order valence-corrected chi connectivity index (χ0v) is 13.6. The third-order valence-corrected chi connectivity index (χ3v) is 4.13. The van der Waals surface area contributed by atoms with Gasteiger partial charge >= 0.3 is 0 Å². The van der Waals surface area contributed by atoms with Gasteiger partial charge in [-0.25, -0.2) is 0 Å². The van der Waals surface area contributed by atoms with Crippen LogP contribution < -0.4 is 5.56 Å². The van der Waals surface area contributed by atoms with E-state index in [1.165, 1.54) is 4.57 Å². The minimum Gasteiger partial charge on any atom is -0.306 e. The smallest absolute Gasteiger partial charge is 0.253 e. The standard InChI is InChI=1S/C15H14BrNO2S/c1-10-7-12(16)8-17(15(10)19)9-14(18)11-3-5-13(20-2)6-4-11/h3-8H,9H2,1-2H3. The van der Waals surface area contributed by atoms with Crippen LogP contribution in [0.4, 0.5) is 0 Å². The average molecular weight is 352 g/mol. The fraction of sp³-hybridized carbons (Fsp3) is 0.200. The van der Waals surface area contributed by atoms with E-state index < -0.39 is 0 Å². The summed E-state index contributed by atoms with van der Waals surface area (Å²) in [4.78, 5) is 25.3. The van der Waals surface area contributed by atoms with Gasteiger partial charge in [-0.05, 0) is 47.3 Å². The normalized spacial score (nSPS) is 10.6. The number of halogens is 1. The van der Waals surface area contributed by atoms with Crippen LogP contribution in [0.15, 0.2) is 50.7 Å². The number of carbonyl (C=O) groups excluding carboxylic acids is 1. The third-order valence-electron chi connectivity index (χ3n) is 2.96. The summed E-state index contributed by atoms with van der Waals surface area (Å²) in [6, 6.07) is 9.16. The summed E-state index contributed by atoms with van der Waals surface area (Å²) in [7, 11) is 0. The molecule has 0 aliphatic heterocycles. The second kappa shape index (κ2) is 6.41. The molecule has 0 saturated carbocycles. The van der Waals surface area contributed by atoms with E-state index in [1.54, 1.807) is 43.1 Å². The van der Waals surface area contributed by atoms with E-state index in [9.17, 15) is 9.59 Å². The Morgan fingerprint density at radius 3 is 2.55 bits per heavy atom. The largest absolute Gasteiger partial charge is 0.306 e. The number of benzene rings is 1. The number of thioether (sulfide) groups is 1. The molecule has 0 amide bonds. The van der Waals surface area contributed by atoms with Crippen LogP contribution in [0.2, 0.25) is 0 Å². The Bertz CT molecular complexity index is 692. The Morgan fingerprint density at radius 1 is 1.30 bits per heavy atom. The maximum absolute atomic E-state index is 12.2. The van der Waals surface area contributed by atoms with Gasteiger partial charge in [-0.3, -0.25) is 9.59 Å². The lowest BCUT2D eigenvalue weighted by Crippen LogP contribution is -2.25. The number of carbonyl (C=O) groups is 1. The Balaban J connectivity index is 2.25. The first-order valence-corrected chi connectivity index (χ1v) is 8.07. The highest BCUT2D eigenvalue weighted by molar-refractivity contribution is 9.10. The summed E-state index contributed by atoms with van der Waals surface area (Å²) in [5.74, 6) is -0.0720. The van der Waals surface area contributed by atoms with Crippen molar-refractivity contribution in [1.29, 1.82) is 0 Å². The first-order valence-electron chi connectivity index (χ1n) is 6.05. The van der Waals surface area contributed by atoms with Crippen molar-refractivity contribution in [3.05, 3.63) is 62.5 Å². The maximum Gasteiger partial charge on any atom is 0.253 e. The number of hydrogen-bond acceptors (Lipinski definition) is 3. The topological polar surface area (TPSA) is 39.1 Å². The molecule has 0 aliphatic rings. The molecule has 0 aliphatic carbocycles. The van der Waals surface area contributed by atoms with Crippen LogP contribution in [0.5, 0.6) is 0 Å². The van der Waals surface area contributed by atoms with E-state index in [0.717, 1.165) is 9.37 Å². The second-order valence-corrected chi connectivity index (χ2v) is 6.22. The molecule has 0 N–H and O–H groups in total. The highest BCUT2D eigenvalue weighted by Gasteiger charge is 2.09. The molecular formula is C15H14BrNO2S. The molecule has 1 aromatic heterocycles. The van der Waals surface area contributed by atoms with Crippen LogP contribution in [0, 0.1) is 6.92 Å². The fourth-order valence-corrected chi connectivity index (χ4v) is 2.88. The molecule has 2 rings (SSSR count). The number of ketones is 1. The predicted octanol–water partition coefficient (Wildman–Crippen LogP) is 3.52. The molecule has 0 fully saturated rings. The zero-order valence-electron chi connectivity index (χ0n) is 11.2. The molecule has 1 heterocycles. The predicted molar refractivity (Wildman–Crippen MR) is 85.7 cm³/mol. The van der Waals surface area contributed by atoms with Crippen molar-refractivity contribution in [1.82, 2.24) is 4.57 Å². The van der Waals surface area contributed by atoms with Crippen molar-refractivity contribution in [2.45, 2.75) is 18.4 Å². The number of rotatable bonds is 4. The van der Waals surface area contributed by atoms with Crippen molar-refractivity contribution in [2.75, 3.05) is 6.26 Å². The van der Waals surface area contributed by atoms with Crippen LogP contribution in [0.1, 0.15) is 15.9 Å². The van der Waals surface area contributed by atoms with E-state index in [0.29, 0.717) is 11.1 Å². The second-order valence-electron chi connectivity index (χ2n) is 4.43. The van der Waals surface area contributed by atoms with Gasteiger partial charge in [-0.1, -0.05) is 12.1 Å². The molecule has 0 bridgehead atoms. The number of pyridine rings is 1. The van der Waals surface area contributed by atoms with Crippen molar-refractivity contribution < 1.29 is 4.79 Å². The van der Waals surface area contributed by atoms with Crippen molar-refractivity contribution in [3.63, 3.8) is 0 Å². The van der Waals surface area contributed by atoms with E-state index in [1.807, 2.05) is 18.4 Å². The molecule has 5 heteroatoms. The monoisotopic (exact) mass is 351 g/mol. The number of aromatic nitrogens is 1.